The van der Waals surface area contributed by atoms with Crippen molar-refractivity contribution >= 4 is 180 Å². The SMILES string of the molecule is F[P-](F)(F)(F)(F)F.[C-]#CC1=CC(=C=[C]=[Ru][Cl])C1.[Cl][Ru+2].c1ccc(P(CCP(c2ccccc2)c2ccccc2)c2ccccc2)cc1.c1ccc(P(CCP(c2ccccc2)c2ccccc2)c2ccccc2)cc1.c1ccc(P(CCP(c2ccccc2)c2ccccc2)c2ccccc2)cc1.c1ccc(P(CCP(c2ccccc2)c2ccccc2)c2ccccc2)cc1. The van der Waals surface area contributed by atoms with Gasteiger partial charge in [0.15, 0.2) is 0 Å². The molecular formula is C112H99Cl2F6P9Ru2. The van der Waals surface area contributed by atoms with Gasteiger partial charge in [0.1, 0.15) is 0 Å². The third kappa shape index (κ3) is 36.7. The van der Waals surface area contributed by atoms with Crippen LogP contribution in [0.3, 0.4) is 0 Å². The van der Waals surface area contributed by atoms with E-state index in [9.17, 15) is 25.2 Å². The quantitative estimate of drug-likeness (QED) is 0.0114. The zero-order valence-electron chi connectivity index (χ0n) is 71.9. The molecule has 0 radical (unpaired) electrons. The van der Waals surface area contributed by atoms with Crippen molar-refractivity contribution in [3.63, 3.8) is 0 Å². The van der Waals surface area contributed by atoms with Crippen molar-refractivity contribution in [2.45, 2.75) is 6.42 Å². The predicted molar refractivity (Wildman–Crippen MR) is 569 cm³/mol. The summed E-state index contributed by atoms with van der Waals surface area (Å²) in [5.74, 6) is 2.30. The molecule has 0 unspecified atom stereocenters. The maximum absolute atomic E-state index is 10.7. The third-order valence-electron chi connectivity index (χ3n) is 20.4. The van der Waals surface area contributed by atoms with Crippen molar-refractivity contribution in [1.82, 2.24) is 0 Å². The number of halogens is 8. The van der Waals surface area contributed by atoms with Crippen LogP contribution in [-0.4, -0.2) is 53.6 Å². The van der Waals surface area contributed by atoms with E-state index in [0.29, 0.717) is 0 Å². The Morgan fingerprint density at radius 2 is 0.328 bits per heavy atom. The molecule has 0 heterocycles. The molecule has 131 heavy (non-hydrogen) atoms. The molecule has 16 aromatic rings. The summed E-state index contributed by atoms with van der Waals surface area (Å²) in [7, 11) is -3.45. The average Bonchev–Trinajstić information content (AvgIpc) is 0.782. The van der Waals surface area contributed by atoms with Gasteiger partial charge in [0.05, 0.1) is 0 Å². The van der Waals surface area contributed by atoms with Crippen molar-refractivity contribution in [2.24, 2.45) is 0 Å². The monoisotopic (exact) mass is 2110 g/mol. The van der Waals surface area contributed by atoms with Crippen molar-refractivity contribution in [1.29, 1.82) is 0 Å². The average molecular weight is 2110 g/mol. The van der Waals surface area contributed by atoms with Gasteiger partial charge in [0, 0.05) is 0 Å². The molecule has 1 aliphatic rings. The van der Waals surface area contributed by atoms with Crippen LogP contribution in [0, 0.1) is 12.3 Å². The molecule has 17 rings (SSSR count). The molecule has 0 aromatic heterocycles. The number of rotatable bonds is 28. The minimum Gasteiger partial charge on any atom is -0.0622 e. The number of hydrogen-bond donors (Lipinski definition) is 0. The van der Waals surface area contributed by atoms with Gasteiger partial charge in [-0.15, -0.1) is 0 Å². The molecule has 0 saturated heterocycles. The van der Waals surface area contributed by atoms with Crippen LogP contribution in [0.25, 0.3) is 0 Å². The van der Waals surface area contributed by atoms with Gasteiger partial charge in [-0.25, -0.2) is 0 Å². The Balaban J connectivity index is 0.000000158. The van der Waals surface area contributed by atoms with Crippen molar-refractivity contribution in [3.05, 3.63) is 515 Å². The first-order chi connectivity index (χ1) is 64.0. The largest absolute Gasteiger partial charge is 0.0622 e. The van der Waals surface area contributed by atoms with Crippen LogP contribution >= 0.6 is 90.6 Å². The standard InChI is InChI=1S/4C26H24P2.C8H3.2ClH.F6P.2Ru/c4*1-5-13-23(14-6-1)27(24-15-7-2-8-16-24)21-22-28(25-17-9-3-10-18-25)26-19-11-4-12-20-26;1-3-7-5-8(4-2)6-7;;;1-7(2,3,4,5)6;;/h4*1-20H,21-22H2;5H,6H2;2*1H;;;/q;;;;-1;;;-1;+1;+3/p-2. The molecule has 16 aromatic carbocycles. The van der Waals surface area contributed by atoms with Gasteiger partial charge in [0.2, 0.25) is 0 Å². The van der Waals surface area contributed by atoms with Gasteiger partial charge in [-0.05, 0) is 198 Å². The van der Waals surface area contributed by atoms with E-state index < -0.39 is 7.81 Å². The smallest absolute Gasteiger partial charge is 0.0195 e. The maximum Gasteiger partial charge on any atom is -0.0195 e. The topological polar surface area (TPSA) is 0 Å². The summed E-state index contributed by atoms with van der Waals surface area (Å²) in [5, 5.41) is 23.6. The zero-order valence-corrected chi connectivity index (χ0v) is 84.9. The second kappa shape index (κ2) is 55.4. The second-order valence-electron chi connectivity index (χ2n) is 29.3. The van der Waals surface area contributed by atoms with Crippen LogP contribution in [0.4, 0.5) is 25.2 Å². The molecule has 0 spiro atoms. The Labute approximate surface area is 806 Å². The Hall–Kier alpha value is -8.47. The van der Waals surface area contributed by atoms with Crippen LogP contribution in [-0.2, 0) is 33.0 Å². The molecule has 664 valence electrons. The fraction of sp³-hybridized carbons (Fsp3) is 0.0804. The summed E-state index contributed by atoms with van der Waals surface area (Å²) in [4.78, 5) is 0. The molecule has 0 nitrogen and oxygen atoms in total. The van der Waals surface area contributed by atoms with Crippen LogP contribution < -0.4 is 84.9 Å². The summed E-state index contributed by atoms with van der Waals surface area (Å²) < 4.78 is 62.0. The Kier molecular flexibility index (Phi) is 43.6. The van der Waals surface area contributed by atoms with Gasteiger partial charge in [-0.3, -0.25) is 0 Å². The van der Waals surface area contributed by atoms with E-state index >= 15 is 0 Å². The van der Waals surface area contributed by atoms with E-state index in [0.717, 1.165) is 17.6 Å². The first-order valence-electron chi connectivity index (χ1n) is 42.4. The van der Waals surface area contributed by atoms with E-state index in [1.165, 1.54) is 134 Å². The summed E-state index contributed by atoms with van der Waals surface area (Å²) in [6, 6.07) is 177. The molecule has 0 fully saturated rings. The van der Waals surface area contributed by atoms with Crippen LogP contribution in [0.5, 0.6) is 0 Å². The summed E-state index contributed by atoms with van der Waals surface area (Å²) in [6.07, 6.45) is 19.1. The Morgan fingerprint density at radius 3 is 0.412 bits per heavy atom. The fourth-order valence-electron chi connectivity index (χ4n) is 14.4. The van der Waals surface area contributed by atoms with E-state index in [-0.39, 0.29) is 79.1 Å². The number of allylic oxidation sites excluding steroid dienone is 3. The number of benzene rings is 16. The molecule has 0 N–H and O–H groups in total. The summed E-state index contributed by atoms with van der Waals surface area (Å²) in [5.41, 5.74) is 4.91. The Morgan fingerprint density at radius 1 is 0.229 bits per heavy atom. The molecule has 0 atom stereocenters. The van der Waals surface area contributed by atoms with Crippen molar-refractivity contribution < 1.29 is 58.2 Å². The maximum atomic E-state index is 9.87. The van der Waals surface area contributed by atoms with Gasteiger partial charge in [-0.2, -0.15) is 0 Å². The number of hydrogen-bond acceptors (Lipinski definition) is 0. The van der Waals surface area contributed by atoms with Gasteiger partial charge >= 0.3 is 131 Å². The fourth-order valence-corrected chi connectivity index (χ4v) is 36.4. The van der Waals surface area contributed by atoms with Crippen molar-refractivity contribution in [2.75, 3.05) is 49.3 Å². The van der Waals surface area contributed by atoms with Gasteiger partial charge in [0.25, 0.3) is 0 Å². The minimum absolute atomic E-state index is 0.278. The third-order valence-corrected chi connectivity index (χ3v) is 42.7. The van der Waals surface area contributed by atoms with Crippen molar-refractivity contribution in [3.8, 4) is 5.92 Å². The molecule has 0 amide bonds. The van der Waals surface area contributed by atoms with E-state index in [1.807, 2.05) is 23.4 Å². The molecule has 0 saturated carbocycles. The van der Waals surface area contributed by atoms with E-state index in [2.05, 4.69) is 511 Å². The summed E-state index contributed by atoms with van der Waals surface area (Å²) >= 11 is 1.54. The Bertz CT molecular complexity index is 4760. The second-order valence-corrected chi connectivity index (χ2v) is 51.5. The minimum atomic E-state index is -10.7. The van der Waals surface area contributed by atoms with Crippen LogP contribution in [0.15, 0.2) is 508 Å². The molecule has 0 aliphatic heterocycles. The molecule has 19 heteroatoms. The predicted octanol–water partition coefficient (Wildman–Crippen LogP) is 26.7. The van der Waals surface area contributed by atoms with Gasteiger partial charge in [-0.1, -0.05) is 485 Å². The molecular weight excluding hydrogens is 2010 g/mol. The molecule has 0 bridgehead atoms. The van der Waals surface area contributed by atoms with Crippen LogP contribution in [0.2, 0.25) is 0 Å². The van der Waals surface area contributed by atoms with E-state index in [1.54, 1.807) is 0 Å². The first-order valence-corrected chi connectivity index (χ1v) is 62.0. The zero-order chi connectivity index (χ0) is 91.9. The van der Waals surface area contributed by atoms with Gasteiger partial charge < -0.3 is 0 Å². The first kappa shape index (κ1) is 103. The normalized spacial score (nSPS) is 11.8. The van der Waals surface area contributed by atoms with E-state index in [4.69, 9.17) is 16.1 Å². The molecule has 1 aliphatic carbocycles. The summed E-state index contributed by atoms with van der Waals surface area (Å²) in [6.45, 7) is 0. The van der Waals surface area contributed by atoms with Crippen LogP contribution in [0.1, 0.15) is 6.42 Å².